The summed E-state index contributed by atoms with van der Waals surface area (Å²) < 4.78 is 30.1. The van der Waals surface area contributed by atoms with E-state index >= 15 is 0 Å². The van der Waals surface area contributed by atoms with Crippen molar-refractivity contribution in [1.29, 1.82) is 0 Å². The van der Waals surface area contributed by atoms with E-state index in [2.05, 4.69) is 12.2 Å². The van der Waals surface area contributed by atoms with Crippen LogP contribution < -0.4 is 5.32 Å². The predicted molar refractivity (Wildman–Crippen MR) is 155 cm³/mol. The Labute approximate surface area is 228 Å². The van der Waals surface area contributed by atoms with Crippen LogP contribution in [-0.2, 0) is 21.2 Å². The second-order valence-corrected chi connectivity index (χ2v) is 11.4. The summed E-state index contributed by atoms with van der Waals surface area (Å²) in [5.74, 6) is -0.261. The fraction of sp³-hybridized carbons (Fsp3) is 0.194. The molecule has 0 unspecified atom stereocenters. The van der Waals surface area contributed by atoms with Crippen molar-refractivity contribution in [2.24, 2.45) is 0 Å². The van der Waals surface area contributed by atoms with Crippen LogP contribution in [0.25, 0.3) is 28.3 Å². The highest BCUT2D eigenvalue weighted by molar-refractivity contribution is 7.92. The van der Waals surface area contributed by atoms with Gasteiger partial charge in [-0.05, 0) is 49.2 Å². The molecule has 0 atom stereocenters. The Hall–Kier alpha value is -4.30. The topological polar surface area (TPSA) is 94.0 Å². The molecule has 0 bridgehead atoms. The Kier molecular flexibility index (Phi) is 7.56. The fourth-order valence-corrected chi connectivity index (χ4v) is 6.06. The number of fused-ring (bicyclic) bond motifs is 2. The normalized spacial score (nSPS) is 11.9. The number of para-hydroxylation sites is 2. The van der Waals surface area contributed by atoms with Crippen molar-refractivity contribution >= 4 is 49.8 Å². The van der Waals surface area contributed by atoms with Crippen LogP contribution in [-0.4, -0.2) is 28.9 Å². The van der Waals surface area contributed by atoms with Gasteiger partial charge < -0.3 is 9.88 Å². The van der Waals surface area contributed by atoms with Crippen LogP contribution in [0.3, 0.4) is 0 Å². The lowest BCUT2D eigenvalue weighted by Crippen LogP contribution is -2.16. The molecule has 0 saturated carbocycles. The number of nitrogens with one attached hydrogen (secondary N) is 1. The minimum Gasteiger partial charge on any atom is -0.309 e. The molecular weight excluding hydrogens is 508 g/mol. The van der Waals surface area contributed by atoms with E-state index in [1.165, 1.54) is 6.08 Å². The van der Waals surface area contributed by atoms with E-state index in [0.29, 0.717) is 23.2 Å². The number of nitrogens with zero attached hydrogens (tertiary/aromatic N) is 3. The highest BCUT2D eigenvalue weighted by atomic mass is 32.2. The first-order valence-electron chi connectivity index (χ1n) is 13.0. The van der Waals surface area contributed by atoms with Gasteiger partial charge in [0.05, 0.1) is 15.9 Å². The highest BCUT2D eigenvalue weighted by Crippen LogP contribution is 2.37. The first-order valence-corrected chi connectivity index (χ1v) is 14.5. The van der Waals surface area contributed by atoms with Crippen molar-refractivity contribution in [2.75, 3.05) is 5.32 Å². The largest absolute Gasteiger partial charge is 0.309 e. The van der Waals surface area contributed by atoms with Crippen LogP contribution >= 0.6 is 0 Å². The number of hydrogen-bond donors (Lipinski definition) is 1. The SMILES string of the molecule is CCCCCn1c(NC(=O)C=Cc2ccccc2)c(S(=O)(=O)c2ccc(C)cc2)c2nc3ccccc3nc21. The van der Waals surface area contributed by atoms with Crippen molar-refractivity contribution in [3.8, 4) is 0 Å². The van der Waals surface area contributed by atoms with E-state index < -0.39 is 15.7 Å². The number of rotatable bonds is 9. The van der Waals surface area contributed by atoms with Crippen molar-refractivity contribution in [2.45, 2.75) is 49.4 Å². The molecule has 2 aromatic heterocycles. The van der Waals surface area contributed by atoms with Gasteiger partial charge in [-0.3, -0.25) is 4.79 Å². The van der Waals surface area contributed by atoms with E-state index in [4.69, 9.17) is 9.97 Å². The molecule has 0 spiro atoms. The third kappa shape index (κ3) is 5.47. The second kappa shape index (κ2) is 11.2. The summed E-state index contributed by atoms with van der Waals surface area (Å²) in [6.07, 6.45) is 5.83. The van der Waals surface area contributed by atoms with E-state index in [0.717, 1.165) is 30.4 Å². The molecular formula is C31H30N4O3S. The van der Waals surface area contributed by atoms with Crippen molar-refractivity contribution in [3.63, 3.8) is 0 Å². The maximum Gasteiger partial charge on any atom is 0.249 e. The quantitative estimate of drug-likeness (QED) is 0.169. The van der Waals surface area contributed by atoms with Crippen LogP contribution in [0.4, 0.5) is 5.82 Å². The molecule has 3 aromatic carbocycles. The molecule has 0 saturated heterocycles. The van der Waals surface area contributed by atoms with Gasteiger partial charge in [-0.25, -0.2) is 18.4 Å². The lowest BCUT2D eigenvalue weighted by Gasteiger charge is -2.12. The van der Waals surface area contributed by atoms with Gasteiger partial charge in [-0.1, -0.05) is 79.9 Å². The number of anilines is 1. The van der Waals surface area contributed by atoms with Gasteiger partial charge in [0.25, 0.3) is 0 Å². The number of hydrogen-bond acceptors (Lipinski definition) is 5. The molecule has 1 amide bonds. The lowest BCUT2D eigenvalue weighted by molar-refractivity contribution is -0.111. The minimum atomic E-state index is -4.07. The molecule has 0 aliphatic rings. The summed E-state index contributed by atoms with van der Waals surface area (Å²) in [4.78, 5) is 22.9. The predicted octanol–water partition coefficient (Wildman–Crippen LogP) is 6.57. The van der Waals surface area contributed by atoms with Crippen LogP contribution in [0.2, 0.25) is 0 Å². The Bertz CT molecular complexity index is 1770. The molecule has 8 heteroatoms. The maximum atomic E-state index is 14.2. The number of aromatic nitrogens is 3. The third-order valence-electron chi connectivity index (χ3n) is 6.56. The molecule has 0 aliphatic heterocycles. The summed E-state index contributed by atoms with van der Waals surface area (Å²) >= 11 is 0. The molecule has 7 nitrogen and oxygen atoms in total. The summed E-state index contributed by atoms with van der Waals surface area (Å²) in [5, 5.41) is 2.89. The smallest absolute Gasteiger partial charge is 0.249 e. The zero-order valence-electron chi connectivity index (χ0n) is 22.0. The summed E-state index contributed by atoms with van der Waals surface area (Å²) in [5.41, 5.74) is 3.71. The van der Waals surface area contributed by atoms with Gasteiger partial charge in [0, 0.05) is 12.6 Å². The lowest BCUT2D eigenvalue weighted by atomic mass is 10.2. The molecule has 5 rings (SSSR count). The zero-order valence-corrected chi connectivity index (χ0v) is 22.8. The number of aryl methyl sites for hydroxylation is 2. The summed E-state index contributed by atoms with van der Waals surface area (Å²) in [7, 11) is -4.07. The first kappa shape index (κ1) is 26.3. The van der Waals surface area contributed by atoms with E-state index in [1.807, 2.05) is 55.5 Å². The Morgan fingerprint density at radius 3 is 2.26 bits per heavy atom. The molecule has 0 fully saturated rings. The molecule has 39 heavy (non-hydrogen) atoms. The van der Waals surface area contributed by atoms with Gasteiger partial charge in [0.15, 0.2) is 5.65 Å². The molecule has 0 radical (unpaired) electrons. The number of unbranched alkanes of at least 4 members (excludes halogenated alkanes) is 2. The van der Waals surface area contributed by atoms with Gasteiger partial charge in [0.1, 0.15) is 16.2 Å². The minimum absolute atomic E-state index is 0.0439. The monoisotopic (exact) mass is 538 g/mol. The maximum absolute atomic E-state index is 14.2. The third-order valence-corrected chi connectivity index (χ3v) is 8.38. The molecule has 2 heterocycles. The average molecular weight is 539 g/mol. The second-order valence-electron chi connectivity index (χ2n) is 9.47. The van der Waals surface area contributed by atoms with Crippen molar-refractivity contribution in [1.82, 2.24) is 14.5 Å². The molecule has 198 valence electrons. The Balaban J connectivity index is 1.73. The number of sulfone groups is 1. The number of carbonyl (C=O) groups is 1. The molecule has 5 aromatic rings. The van der Waals surface area contributed by atoms with Crippen LogP contribution in [0, 0.1) is 6.92 Å². The van der Waals surface area contributed by atoms with E-state index in [-0.39, 0.29) is 21.1 Å². The van der Waals surface area contributed by atoms with Crippen LogP contribution in [0.15, 0.2) is 94.7 Å². The highest BCUT2D eigenvalue weighted by Gasteiger charge is 2.32. The van der Waals surface area contributed by atoms with Crippen molar-refractivity contribution < 1.29 is 13.2 Å². The van der Waals surface area contributed by atoms with E-state index in [1.54, 1.807) is 41.0 Å². The van der Waals surface area contributed by atoms with Gasteiger partial charge >= 0.3 is 0 Å². The zero-order chi connectivity index (χ0) is 27.4. The number of benzene rings is 3. The average Bonchev–Trinajstić information content (AvgIpc) is 3.23. The number of amides is 1. The first-order chi connectivity index (χ1) is 18.9. The van der Waals surface area contributed by atoms with E-state index in [9.17, 15) is 13.2 Å². The van der Waals surface area contributed by atoms with Gasteiger partial charge in [0.2, 0.25) is 15.7 Å². The molecule has 1 N–H and O–H groups in total. The fourth-order valence-electron chi connectivity index (χ4n) is 4.52. The Morgan fingerprint density at radius 1 is 0.897 bits per heavy atom. The Morgan fingerprint density at radius 2 is 1.56 bits per heavy atom. The van der Waals surface area contributed by atoms with Gasteiger partial charge in [-0.15, -0.1) is 0 Å². The standard InChI is InChI=1S/C31H30N4O3S/c1-3-4-10-21-35-30-28(32-25-13-8-9-14-26(25)33-30)29(39(37,38)24-18-15-22(2)16-19-24)31(35)34-27(36)20-17-23-11-6-5-7-12-23/h5-9,11-20H,3-4,10,21H2,1-2H3,(H,34,36). The van der Waals surface area contributed by atoms with Gasteiger partial charge in [-0.2, -0.15) is 0 Å². The number of carbonyl (C=O) groups excluding carboxylic acids is 1. The van der Waals surface area contributed by atoms with Crippen LogP contribution in [0.1, 0.15) is 37.3 Å². The summed E-state index contributed by atoms with van der Waals surface area (Å²) in [6.45, 7) is 4.49. The summed E-state index contributed by atoms with van der Waals surface area (Å²) in [6, 6.07) is 23.5. The van der Waals surface area contributed by atoms with Crippen LogP contribution in [0.5, 0.6) is 0 Å². The molecule has 0 aliphatic carbocycles. The van der Waals surface area contributed by atoms with Crippen molar-refractivity contribution in [3.05, 3.63) is 96.1 Å².